The van der Waals surface area contributed by atoms with Crippen LogP contribution in [-0.4, -0.2) is 53.8 Å². The summed E-state index contributed by atoms with van der Waals surface area (Å²) in [6, 6.07) is -2.33. The van der Waals surface area contributed by atoms with Gasteiger partial charge < -0.3 is 38.7 Å². The number of primary amides is 1. The molecular weight excluding hydrogens is 312 g/mol. The van der Waals surface area contributed by atoms with Gasteiger partial charge in [-0.15, -0.1) is 0 Å². The molecule has 0 aromatic rings. The van der Waals surface area contributed by atoms with E-state index in [1.54, 1.807) is 0 Å². The average molecular weight is 332 g/mol. The molecule has 0 saturated carbocycles. The molecule has 0 radical (unpaired) electrons. The van der Waals surface area contributed by atoms with E-state index in [1.165, 1.54) is 0 Å². The Balaban J connectivity index is 0.000000422. The molecule has 5 amide bonds. The molecule has 1 aliphatic rings. The molecule has 23 heavy (non-hydrogen) atoms. The second kappa shape index (κ2) is 9.78. The van der Waals surface area contributed by atoms with Crippen LogP contribution in [-0.2, 0) is 9.59 Å². The van der Waals surface area contributed by atoms with E-state index in [9.17, 15) is 19.2 Å². The van der Waals surface area contributed by atoms with E-state index in [0.717, 1.165) is 0 Å². The van der Waals surface area contributed by atoms with Crippen LogP contribution in [0.15, 0.2) is 4.99 Å². The minimum Gasteiger partial charge on any atom is -0.480 e. The second-order valence-corrected chi connectivity index (χ2v) is 4.30. The summed E-state index contributed by atoms with van der Waals surface area (Å²) in [6.45, 7) is 0.420. The number of nitrogens with one attached hydrogen (secondary N) is 3. The van der Waals surface area contributed by atoms with Crippen LogP contribution in [0.5, 0.6) is 0 Å². The van der Waals surface area contributed by atoms with Gasteiger partial charge in [-0.2, -0.15) is 0 Å². The fraction of sp³-hybridized carbons (Fsp3) is 0.500. The molecule has 12 N–H and O–H groups in total. The number of carbonyl (C=O) groups is 4. The van der Waals surface area contributed by atoms with Gasteiger partial charge in [0.05, 0.1) is 0 Å². The van der Waals surface area contributed by atoms with Crippen molar-refractivity contribution in [3.63, 3.8) is 0 Å². The van der Waals surface area contributed by atoms with Gasteiger partial charge in [0, 0.05) is 6.54 Å². The van der Waals surface area contributed by atoms with Crippen molar-refractivity contribution in [1.82, 2.24) is 16.0 Å². The molecule has 0 aliphatic carbocycles. The zero-order valence-electron chi connectivity index (χ0n) is 12.1. The van der Waals surface area contributed by atoms with E-state index in [0.29, 0.717) is 19.4 Å². The van der Waals surface area contributed by atoms with Crippen LogP contribution in [0.4, 0.5) is 9.59 Å². The van der Waals surface area contributed by atoms with Crippen LogP contribution in [0.1, 0.15) is 12.8 Å². The molecule has 0 spiro atoms. The Morgan fingerprint density at radius 2 is 1.91 bits per heavy atom. The number of imide groups is 1. The van der Waals surface area contributed by atoms with Crippen molar-refractivity contribution in [3.8, 4) is 0 Å². The van der Waals surface area contributed by atoms with E-state index >= 15 is 0 Å². The van der Waals surface area contributed by atoms with Gasteiger partial charge in [0.15, 0.2) is 12.1 Å². The number of hydrogen-bond acceptors (Lipinski definition) is 6. The number of urea groups is 2. The van der Waals surface area contributed by atoms with Gasteiger partial charge >= 0.3 is 18.0 Å². The molecule has 1 unspecified atom stereocenters. The van der Waals surface area contributed by atoms with Crippen molar-refractivity contribution in [2.75, 3.05) is 6.54 Å². The number of nitrogens with zero attached hydrogens (tertiary/aromatic N) is 1. The number of carbonyl (C=O) groups excluding carboxylic acids is 3. The van der Waals surface area contributed by atoms with Crippen molar-refractivity contribution in [1.29, 1.82) is 0 Å². The first-order chi connectivity index (χ1) is 10.6. The molecule has 13 heteroatoms. The third-order valence-corrected chi connectivity index (χ3v) is 2.35. The van der Waals surface area contributed by atoms with Crippen molar-refractivity contribution in [2.45, 2.75) is 25.0 Å². The number of carboxylic acid groups (broad SMARTS) is 1. The van der Waals surface area contributed by atoms with Crippen LogP contribution >= 0.6 is 0 Å². The summed E-state index contributed by atoms with van der Waals surface area (Å²) in [5, 5.41) is 14.4. The molecule has 0 aromatic heterocycles. The Bertz CT molecular complexity index is 490. The SMILES string of the molecule is NC(=O)NC1NC(=O)NC1=O.NC(N)=NCCC[C@H](N)C(=O)O. The molecule has 1 saturated heterocycles. The quantitative estimate of drug-likeness (QED) is 0.104. The van der Waals surface area contributed by atoms with Crippen LogP contribution in [0.25, 0.3) is 0 Å². The number of carboxylic acids is 1. The zero-order chi connectivity index (χ0) is 18.0. The van der Waals surface area contributed by atoms with Gasteiger partial charge in [-0.1, -0.05) is 0 Å². The lowest BCUT2D eigenvalue weighted by Gasteiger charge is -2.05. The minimum atomic E-state index is -1.04. The predicted molar refractivity (Wildman–Crippen MR) is 78.7 cm³/mol. The largest absolute Gasteiger partial charge is 0.480 e. The van der Waals surface area contributed by atoms with Crippen molar-refractivity contribution in [2.24, 2.45) is 27.9 Å². The van der Waals surface area contributed by atoms with Gasteiger partial charge in [-0.3, -0.25) is 19.9 Å². The minimum absolute atomic E-state index is 0.0129. The highest BCUT2D eigenvalue weighted by Crippen LogP contribution is 1.94. The van der Waals surface area contributed by atoms with Crippen molar-refractivity contribution < 1.29 is 24.3 Å². The van der Waals surface area contributed by atoms with E-state index in [4.69, 9.17) is 28.0 Å². The predicted octanol–water partition coefficient (Wildman–Crippen LogP) is -3.73. The first-order valence-corrected chi connectivity index (χ1v) is 6.34. The number of amides is 5. The molecule has 130 valence electrons. The molecular formula is C10H20N8O5. The summed E-state index contributed by atoms with van der Waals surface area (Å²) < 4.78 is 0. The summed E-state index contributed by atoms with van der Waals surface area (Å²) in [5.74, 6) is -1.60. The van der Waals surface area contributed by atoms with Gasteiger partial charge in [0.1, 0.15) is 6.04 Å². The smallest absolute Gasteiger partial charge is 0.323 e. The average Bonchev–Trinajstić information content (AvgIpc) is 2.72. The first-order valence-electron chi connectivity index (χ1n) is 6.34. The Morgan fingerprint density at radius 1 is 1.30 bits per heavy atom. The van der Waals surface area contributed by atoms with Gasteiger partial charge in [0.2, 0.25) is 0 Å². The number of aliphatic carboxylic acids is 1. The zero-order valence-corrected chi connectivity index (χ0v) is 12.1. The molecule has 0 bridgehead atoms. The summed E-state index contributed by atoms with van der Waals surface area (Å²) in [6.07, 6.45) is -0.0858. The number of guanidine groups is 1. The van der Waals surface area contributed by atoms with Gasteiger partial charge in [0.25, 0.3) is 5.91 Å². The summed E-state index contributed by atoms with van der Waals surface area (Å²) in [7, 11) is 0. The van der Waals surface area contributed by atoms with Crippen LogP contribution in [0.2, 0.25) is 0 Å². The Labute approximate surface area is 130 Å². The third-order valence-electron chi connectivity index (χ3n) is 2.35. The van der Waals surface area contributed by atoms with Gasteiger partial charge in [-0.25, -0.2) is 9.59 Å². The maximum Gasteiger partial charge on any atom is 0.323 e. The summed E-state index contributed by atoms with van der Waals surface area (Å²) in [5.41, 5.74) is 20.0. The molecule has 1 rings (SSSR count). The lowest BCUT2D eigenvalue weighted by atomic mass is 10.2. The third kappa shape index (κ3) is 9.46. The highest BCUT2D eigenvalue weighted by molar-refractivity contribution is 6.05. The fourth-order valence-electron chi connectivity index (χ4n) is 1.30. The highest BCUT2D eigenvalue weighted by Gasteiger charge is 2.29. The summed E-state index contributed by atoms with van der Waals surface area (Å²) in [4.78, 5) is 45.1. The van der Waals surface area contributed by atoms with Gasteiger partial charge in [-0.05, 0) is 12.8 Å². The Morgan fingerprint density at radius 3 is 2.30 bits per heavy atom. The lowest BCUT2D eigenvalue weighted by molar-refractivity contribution is -0.138. The lowest BCUT2D eigenvalue weighted by Crippen LogP contribution is -2.48. The molecule has 1 fully saturated rings. The molecule has 13 nitrogen and oxygen atoms in total. The van der Waals surface area contributed by atoms with Crippen molar-refractivity contribution >= 4 is 29.9 Å². The second-order valence-electron chi connectivity index (χ2n) is 4.30. The molecule has 0 aromatic carbocycles. The Kier molecular flexibility index (Phi) is 8.46. The van der Waals surface area contributed by atoms with Crippen LogP contribution in [0.3, 0.4) is 0 Å². The topological polar surface area (TPSA) is 241 Å². The monoisotopic (exact) mass is 332 g/mol. The van der Waals surface area contributed by atoms with E-state index in [2.05, 4.69) is 10.3 Å². The standard InChI is InChI=1S/C6H14N4O2.C4H6N4O3/c7-4(5(11)12)2-1-3-10-6(8)9;5-3(10)6-1-2(9)8-4(11)7-1/h4H,1-3,7H2,(H,11,12)(H4,8,9,10);1H,(H3,5,6,10)(H2,7,8,9,11)/t4-;/m0./s1. The van der Waals surface area contributed by atoms with Crippen LogP contribution < -0.4 is 38.9 Å². The molecule has 2 atom stereocenters. The van der Waals surface area contributed by atoms with E-state index in [-0.39, 0.29) is 5.96 Å². The maximum atomic E-state index is 10.7. The first kappa shape index (κ1) is 19.9. The summed E-state index contributed by atoms with van der Waals surface area (Å²) >= 11 is 0. The van der Waals surface area contributed by atoms with E-state index < -0.39 is 36.1 Å². The number of hydrogen-bond donors (Lipinski definition) is 8. The Hall–Kier alpha value is -3.09. The maximum absolute atomic E-state index is 10.7. The molecule has 1 heterocycles. The number of nitrogens with two attached hydrogens (primary N) is 4. The fourth-order valence-corrected chi connectivity index (χ4v) is 1.30. The molecule has 1 aliphatic heterocycles. The van der Waals surface area contributed by atoms with Crippen molar-refractivity contribution in [3.05, 3.63) is 0 Å². The number of rotatable bonds is 6. The van der Waals surface area contributed by atoms with E-state index in [1.807, 2.05) is 10.6 Å². The number of aliphatic imine (C=N–C) groups is 1. The van der Waals surface area contributed by atoms with Crippen LogP contribution in [0, 0.1) is 0 Å². The highest BCUT2D eigenvalue weighted by atomic mass is 16.4. The normalized spacial score (nSPS) is 17.0.